The molecule has 37 heavy (non-hydrogen) atoms. The number of halogens is 2. The molecule has 3 unspecified atom stereocenters. The van der Waals surface area contributed by atoms with Crippen LogP contribution < -0.4 is 38.0 Å². The number of quaternary nitrogens is 1. The maximum Gasteiger partial charge on any atom is 0.238 e. The molecule has 8 nitrogen and oxygen atoms in total. The number of nitrogens with one attached hydrogen (secondary N) is 4. The van der Waals surface area contributed by atoms with Crippen LogP contribution in [0.5, 0.6) is 0 Å². The monoisotopic (exact) mass is 576 g/mol. The van der Waals surface area contributed by atoms with Crippen molar-refractivity contribution in [1.29, 1.82) is 0 Å². The fraction of sp³-hybridized carbons (Fsp3) is 0.481. The second-order valence-electron chi connectivity index (χ2n) is 10.8. The minimum atomic E-state index is -0.379. The van der Waals surface area contributed by atoms with Crippen molar-refractivity contribution in [2.75, 3.05) is 44.6 Å². The predicted octanol–water partition coefficient (Wildman–Crippen LogP) is -1.63. The summed E-state index contributed by atoms with van der Waals surface area (Å²) < 4.78 is 13.3. The largest absolute Gasteiger partial charge is 1.00 e. The molecular weight excluding hydrogens is 539 g/mol. The van der Waals surface area contributed by atoms with Crippen molar-refractivity contribution < 1.29 is 36.0 Å². The summed E-state index contributed by atoms with van der Waals surface area (Å²) in [6, 6.07) is 16.4. The van der Waals surface area contributed by atoms with Crippen LogP contribution in [0, 0.1) is 11.2 Å². The van der Waals surface area contributed by atoms with Crippen LogP contribution in [0.4, 0.5) is 15.8 Å². The van der Waals surface area contributed by atoms with Crippen LogP contribution in [0.15, 0.2) is 54.6 Å². The number of rotatable bonds is 7. The number of benzene rings is 2. The zero-order valence-electron chi connectivity index (χ0n) is 21.8. The van der Waals surface area contributed by atoms with Gasteiger partial charge >= 0.3 is 0 Å². The first kappa shape index (κ1) is 29.2. The highest BCUT2D eigenvalue weighted by atomic mass is 79.9. The summed E-state index contributed by atoms with van der Waals surface area (Å²) in [5.74, 6) is -0.532. The van der Waals surface area contributed by atoms with Crippen molar-refractivity contribution >= 4 is 23.2 Å². The Morgan fingerprint density at radius 1 is 0.973 bits per heavy atom. The number of para-hydroxylation sites is 1. The summed E-state index contributed by atoms with van der Waals surface area (Å²) in [5.41, 5.74) is 5.32. The second kappa shape index (κ2) is 12.9. The van der Waals surface area contributed by atoms with E-state index in [0.717, 1.165) is 17.1 Å². The van der Waals surface area contributed by atoms with Gasteiger partial charge in [-0.05, 0) is 23.6 Å². The van der Waals surface area contributed by atoms with Gasteiger partial charge in [0.05, 0.1) is 19.1 Å². The van der Waals surface area contributed by atoms with Gasteiger partial charge in [0.15, 0.2) is 11.9 Å². The van der Waals surface area contributed by atoms with Gasteiger partial charge in [0.2, 0.25) is 11.8 Å². The molecule has 0 aliphatic carbocycles. The molecule has 2 aliphatic rings. The summed E-state index contributed by atoms with van der Waals surface area (Å²) in [7, 11) is 0. The number of carbonyl (C=O) groups excluding carboxylic acids is 2. The number of hydrogen-bond acceptors (Lipinski definition) is 5. The molecule has 4 rings (SSSR count). The van der Waals surface area contributed by atoms with Crippen molar-refractivity contribution in [3.05, 3.63) is 60.4 Å². The molecule has 2 saturated heterocycles. The van der Waals surface area contributed by atoms with Crippen LogP contribution in [0.25, 0.3) is 0 Å². The van der Waals surface area contributed by atoms with Crippen LogP contribution in [0.2, 0.25) is 0 Å². The summed E-state index contributed by atoms with van der Waals surface area (Å²) in [5, 5.41) is 7.08. The van der Waals surface area contributed by atoms with Gasteiger partial charge in [0.1, 0.15) is 5.82 Å². The molecule has 4 N–H and O–H groups in total. The van der Waals surface area contributed by atoms with Crippen molar-refractivity contribution in [2.45, 2.75) is 39.4 Å². The molecule has 0 saturated carbocycles. The Morgan fingerprint density at radius 3 is 2.19 bits per heavy atom. The molecule has 2 aromatic rings. The highest BCUT2D eigenvalue weighted by Crippen LogP contribution is 2.24. The zero-order valence-corrected chi connectivity index (χ0v) is 23.4. The number of nitrogens with zero attached hydrogens (tertiary/aromatic N) is 2. The molecule has 2 aliphatic heterocycles. The molecule has 10 heteroatoms. The van der Waals surface area contributed by atoms with Crippen molar-refractivity contribution in [2.24, 2.45) is 5.41 Å². The molecule has 2 fully saturated rings. The first-order valence-electron chi connectivity index (χ1n) is 12.7. The number of amides is 2. The fourth-order valence-electron chi connectivity index (χ4n) is 4.82. The van der Waals surface area contributed by atoms with Crippen LogP contribution >= 0.6 is 0 Å². The highest BCUT2D eigenvalue weighted by Gasteiger charge is 2.43. The van der Waals surface area contributed by atoms with Gasteiger partial charge in [0.25, 0.3) is 0 Å². The second-order valence-corrected chi connectivity index (χ2v) is 10.8. The van der Waals surface area contributed by atoms with E-state index in [4.69, 9.17) is 0 Å². The summed E-state index contributed by atoms with van der Waals surface area (Å²) in [6.45, 7) is 10.0. The van der Waals surface area contributed by atoms with Crippen LogP contribution in [-0.2, 0) is 9.59 Å². The lowest BCUT2D eigenvalue weighted by Gasteiger charge is -2.34. The third-order valence-corrected chi connectivity index (χ3v) is 6.92. The number of carbonyl (C=O) groups is 2. The van der Waals surface area contributed by atoms with Gasteiger partial charge < -0.3 is 27.6 Å². The van der Waals surface area contributed by atoms with Gasteiger partial charge in [-0.15, -0.1) is 0 Å². The Bertz CT molecular complexity index is 1040. The van der Waals surface area contributed by atoms with E-state index in [0.29, 0.717) is 38.4 Å². The molecule has 0 spiro atoms. The number of anilines is 1. The van der Waals surface area contributed by atoms with E-state index in [1.807, 2.05) is 18.2 Å². The normalized spacial score (nSPS) is 22.8. The Morgan fingerprint density at radius 2 is 1.59 bits per heavy atom. The van der Waals surface area contributed by atoms with Crippen molar-refractivity contribution in [1.82, 2.24) is 20.5 Å². The first-order chi connectivity index (χ1) is 17.2. The van der Waals surface area contributed by atoms with E-state index in [1.54, 1.807) is 12.1 Å². The molecular formula is C27H38BrFN6O2. The average molecular weight is 578 g/mol. The quantitative estimate of drug-likeness (QED) is 0.318. The maximum absolute atomic E-state index is 13.3. The van der Waals surface area contributed by atoms with Gasteiger partial charge in [-0.3, -0.25) is 19.4 Å². The molecule has 0 radical (unpaired) electrons. The summed E-state index contributed by atoms with van der Waals surface area (Å²) in [4.78, 5) is 29.5. The highest BCUT2D eigenvalue weighted by molar-refractivity contribution is 5.92. The van der Waals surface area contributed by atoms with Crippen molar-refractivity contribution in [3.63, 3.8) is 0 Å². The maximum atomic E-state index is 13.3. The minimum absolute atomic E-state index is 0. The van der Waals surface area contributed by atoms with E-state index in [2.05, 4.69) is 58.8 Å². The molecule has 2 aromatic carbocycles. The van der Waals surface area contributed by atoms with Gasteiger partial charge in [-0.25, -0.2) is 9.40 Å². The Labute approximate surface area is 229 Å². The average Bonchev–Trinajstić information content (AvgIpc) is 3.25. The first-order valence-corrected chi connectivity index (χ1v) is 12.7. The standard InChI is InChI=1S/C27H37FN6O2.BrH/c1-27(2,3)23-17-24(34(31-23)22-10-5-4-6-11-22)30-26(36)19-33-14-12-32(13-15-33)18-25(35)29-21-9-7-8-20(28)16-21;/h4-11,16,23-24,31H,12-15,17-19H2,1-3H3,(H,29,35)(H,30,36);1H. The van der Waals surface area contributed by atoms with Gasteiger partial charge in [-0.1, -0.05) is 45.0 Å². The smallest absolute Gasteiger partial charge is 0.238 e. The fourth-order valence-corrected chi connectivity index (χ4v) is 4.82. The van der Waals surface area contributed by atoms with Crippen LogP contribution in [-0.4, -0.2) is 73.1 Å². The summed E-state index contributed by atoms with van der Waals surface area (Å²) in [6.07, 6.45) is 0.810. The van der Waals surface area contributed by atoms with E-state index < -0.39 is 0 Å². The third kappa shape index (κ3) is 8.31. The Kier molecular flexibility index (Phi) is 10.2. The number of piperazine rings is 1. The molecule has 2 amide bonds. The van der Waals surface area contributed by atoms with E-state index in [1.165, 1.54) is 12.1 Å². The van der Waals surface area contributed by atoms with E-state index in [9.17, 15) is 14.0 Å². The number of hydrogen-bond donors (Lipinski definition) is 4. The Balaban J connectivity index is 0.00000380. The molecule has 202 valence electrons. The lowest BCUT2D eigenvalue weighted by molar-refractivity contribution is -0.896. The van der Waals surface area contributed by atoms with Crippen LogP contribution in [0.1, 0.15) is 27.2 Å². The molecule has 0 aromatic heterocycles. The summed E-state index contributed by atoms with van der Waals surface area (Å²) >= 11 is 0. The minimum Gasteiger partial charge on any atom is -1.00 e. The van der Waals surface area contributed by atoms with Crippen LogP contribution in [0.3, 0.4) is 0 Å². The van der Waals surface area contributed by atoms with Gasteiger partial charge in [-0.2, -0.15) is 5.43 Å². The topological polar surface area (TPSA) is 81.2 Å². The Hall–Kier alpha value is -2.37. The third-order valence-electron chi connectivity index (χ3n) is 6.92. The molecule has 2 heterocycles. The SMILES string of the molecule is CC(C)(C)C1CC(NC(=O)CN2CCN(CC(=O)Nc3cccc(F)c3)CC2)[NH+](c2ccccc2)N1.[Br-]. The zero-order chi connectivity index (χ0) is 25.7. The predicted molar refractivity (Wildman–Crippen MR) is 138 cm³/mol. The molecule has 3 atom stereocenters. The van der Waals surface area contributed by atoms with E-state index in [-0.39, 0.29) is 58.8 Å². The lowest BCUT2D eigenvalue weighted by Crippen LogP contribution is -3.17. The van der Waals surface area contributed by atoms with E-state index >= 15 is 0 Å². The lowest BCUT2D eigenvalue weighted by atomic mass is 9.85. The van der Waals surface area contributed by atoms with Gasteiger partial charge in [0, 0.05) is 50.4 Å². The molecule has 0 bridgehead atoms. The van der Waals surface area contributed by atoms with Crippen molar-refractivity contribution in [3.8, 4) is 0 Å².